The molecule has 0 atom stereocenters. The van der Waals surface area contributed by atoms with Gasteiger partial charge >= 0.3 is 6.18 Å². The fourth-order valence-electron chi connectivity index (χ4n) is 1.42. The van der Waals surface area contributed by atoms with Gasteiger partial charge in [0.15, 0.2) is 0 Å². The van der Waals surface area contributed by atoms with E-state index in [1.165, 1.54) is 18.3 Å². The Balaban J connectivity index is 2.74. The molecule has 1 aromatic carbocycles. The molecule has 0 aliphatic carbocycles. The standard InChI is InChI=1S/C10H8F3N3/c11-10(12,13)7-3-1-2-6-5-15-8(4-14)16-9(6)7/h1-3,5H,4,14H2. The van der Waals surface area contributed by atoms with E-state index >= 15 is 0 Å². The minimum atomic E-state index is -4.42. The van der Waals surface area contributed by atoms with Crippen molar-refractivity contribution in [3.8, 4) is 0 Å². The lowest BCUT2D eigenvalue weighted by Gasteiger charge is -2.09. The van der Waals surface area contributed by atoms with Crippen LogP contribution in [0.25, 0.3) is 10.9 Å². The highest BCUT2D eigenvalue weighted by Crippen LogP contribution is 2.33. The van der Waals surface area contributed by atoms with E-state index in [9.17, 15) is 13.2 Å². The van der Waals surface area contributed by atoms with Crippen LogP contribution in [0.1, 0.15) is 11.4 Å². The molecule has 0 spiro atoms. The summed E-state index contributed by atoms with van der Waals surface area (Å²) < 4.78 is 38.0. The molecule has 0 aliphatic heterocycles. The van der Waals surface area contributed by atoms with Crippen LogP contribution in [0, 0.1) is 0 Å². The van der Waals surface area contributed by atoms with Gasteiger partial charge in [0.25, 0.3) is 0 Å². The Morgan fingerprint density at radius 3 is 2.62 bits per heavy atom. The molecule has 0 amide bonds. The van der Waals surface area contributed by atoms with Crippen molar-refractivity contribution in [1.82, 2.24) is 9.97 Å². The molecule has 0 fully saturated rings. The Morgan fingerprint density at radius 2 is 2.00 bits per heavy atom. The summed E-state index contributed by atoms with van der Waals surface area (Å²) in [6.45, 7) is 0.0160. The highest BCUT2D eigenvalue weighted by Gasteiger charge is 2.33. The predicted octanol–water partition coefficient (Wildman–Crippen LogP) is 2.11. The molecule has 1 heterocycles. The Bertz CT molecular complexity index is 522. The fraction of sp³-hybridized carbons (Fsp3) is 0.200. The van der Waals surface area contributed by atoms with Crippen molar-refractivity contribution < 1.29 is 13.2 Å². The molecule has 2 rings (SSSR count). The van der Waals surface area contributed by atoms with Crippen molar-refractivity contribution in [2.45, 2.75) is 12.7 Å². The third-order valence-corrected chi connectivity index (χ3v) is 2.15. The van der Waals surface area contributed by atoms with Crippen LogP contribution in [-0.2, 0) is 12.7 Å². The van der Waals surface area contributed by atoms with Gasteiger partial charge in [-0.15, -0.1) is 0 Å². The van der Waals surface area contributed by atoms with Crippen LogP contribution in [0.15, 0.2) is 24.4 Å². The predicted molar refractivity (Wildman–Crippen MR) is 52.4 cm³/mol. The minimum absolute atomic E-state index is 0.0160. The monoisotopic (exact) mass is 227 g/mol. The number of benzene rings is 1. The first-order chi connectivity index (χ1) is 7.52. The zero-order chi connectivity index (χ0) is 11.8. The number of aromatic nitrogens is 2. The summed E-state index contributed by atoms with van der Waals surface area (Å²) in [7, 11) is 0. The zero-order valence-electron chi connectivity index (χ0n) is 8.12. The molecule has 0 saturated carbocycles. The van der Waals surface area contributed by atoms with Crippen LogP contribution in [0.2, 0.25) is 0 Å². The van der Waals surface area contributed by atoms with E-state index < -0.39 is 11.7 Å². The fourth-order valence-corrected chi connectivity index (χ4v) is 1.42. The number of hydrogen-bond acceptors (Lipinski definition) is 3. The van der Waals surface area contributed by atoms with Gasteiger partial charge in [0.1, 0.15) is 5.82 Å². The summed E-state index contributed by atoms with van der Waals surface area (Å²) in [5, 5.41) is 0.354. The van der Waals surface area contributed by atoms with Crippen molar-refractivity contribution >= 4 is 10.9 Å². The van der Waals surface area contributed by atoms with Crippen LogP contribution < -0.4 is 5.73 Å². The molecular formula is C10H8F3N3. The number of nitrogens with zero attached hydrogens (tertiary/aromatic N) is 2. The lowest BCUT2D eigenvalue weighted by Crippen LogP contribution is -2.09. The largest absolute Gasteiger partial charge is 0.418 e. The molecule has 0 radical (unpaired) electrons. The maximum Gasteiger partial charge on any atom is 0.418 e. The highest BCUT2D eigenvalue weighted by atomic mass is 19.4. The van der Waals surface area contributed by atoms with E-state index in [1.54, 1.807) is 0 Å². The molecule has 2 aromatic rings. The maximum atomic E-state index is 12.7. The Morgan fingerprint density at radius 1 is 1.25 bits per heavy atom. The molecule has 3 nitrogen and oxygen atoms in total. The van der Waals surface area contributed by atoms with E-state index in [0.717, 1.165) is 6.07 Å². The Labute approximate surface area is 89.1 Å². The molecule has 1 aromatic heterocycles. The first-order valence-electron chi connectivity index (χ1n) is 4.54. The molecule has 6 heteroatoms. The second-order valence-corrected chi connectivity index (χ2v) is 3.23. The van der Waals surface area contributed by atoms with Gasteiger partial charge in [-0.05, 0) is 6.07 Å². The first kappa shape index (κ1) is 10.8. The van der Waals surface area contributed by atoms with Crippen LogP contribution in [0.4, 0.5) is 13.2 Å². The van der Waals surface area contributed by atoms with Gasteiger partial charge in [-0.3, -0.25) is 0 Å². The van der Waals surface area contributed by atoms with Gasteiger partial charge in [0, 0.05) is 11.6 Å². The molecule has 0 unspecified atom stereocenters. The molecule has 16 heavy (non-hydrogen) atoms. The number of alkyl halides is 3. The van der Waals surface area contributed by atoms with E-state index in [2.05, 4.69) is 9.97 Å². The summed E-state index contributed by atoms with van der Waals surface area (Å²) in [6.07, 6.45) is -3.07. The number of para-hydroxylation sites is 1. The third-order valence-electron chi connectivity index (χ3n) is 2.15. The lowest BCUT2D eigenvalue weighted by molar-refractivity contribution is -0.136. The van der Waals surface area contributed by atoms with Crippen molar-refractivity contribution in [3.63, 3.8) is 0 Å². The van der Waals surface area contributed by atoms with Crippen molar-refractivity contribution in [2.75, 3.05) is 0 Å². The van der Waals surface area contributed by atoms with Crippen LogP contribution in [0.5, 0.6) is 0 Å². The van der Waals surface area contributed by atoms with Gasteiger partial charge in [-0.25, -0.2) is 9.97 Å². The molecule has 84 valence electrons. The summed E-state index contributed by atoms with van der Waals surface area (Å²) in [4.78, 5) is 7.65. The molecule has 0 saturated heterocycles. The second-order valence-electron chi connectivity index (χ2n) is 3.23. The summed E-state index contributed by atoms with van der Waals surface area (Å²) in [5.41, 5.74) is 4.43. The van der Waals surface area contributed by atoms with Gasteiger partial charge in [0.2, 0.25) is 0 Å². The van der Waals surface area contributed by atoms with Crippen molar-refractivity contribution in [3.05, 3.63) is 35.8 Å². The topological polar surface area (TPSA) is 51.8 Å². The average molecular weight is 227 g/mol. The van der Waals surface area contributed by atoms with Crippen molar-refractivity contribution in [1.29, 1.82) is 0 Å². The Kier molecular flexibility index (Phi) is 2.51. The molecule has 2 N–H and O–H groups in total. The lowest BCUT2D eigenvalue weighted by atomic mass is 10.1. The maximum absolute atomic E-state index is 12.7. The highest BCUT2D eigenvalue weighted by molar-refractivity contribution is 5.81. The van der Waals surface area contributed by atoms with Gasteiger partial charge in [0.05, 0.1) is 17.6 Å². The van der Waals surface area contributed by atoms with E-state index in [1.807, 2.05) is 0 Å². The van der Waals surface area contributed by atoms with Gasteiger partial charge in [-0.1, -0.05) is 12.1 Å². The summed E-state index contributed by atoms with van der Waals surface area (Å²) >= 11 is 0. The minimum Gasteiger partial charge on any atom is -0.324 e. The summed E-state index contributed by atoms with van der Waals surface area (Å²) in [6, 6.07) is 3.86. The molecule has 0 aliphatic rings. The number of nitrogens with two attached hydrogens (primary N) is 1. The van der Waals surface area contributed by atoms with E-state index in [4.69, 9.17) is 5.73 Å². The van der Waals surface area contributed by atoms with Gasteiger partial charge < -0.3 is 5.73 Å². The van der Waals surface area contributed by atoms with E-state index in [-0.39, 0.29) is 17.9 Å². The Hall–Kier alpha value is -1.69. The van der Waals surface area contributed by atoms with Gasteiger partial charge in [-0.2, -0.15) is 13.2 Å². The number of rotatable bonds is 1. The molecule has 0 bridgehead atoms. The number of fused-ring (bicyclic) bond motifs is 1. The number of hydrogen-bond donors (Lipinski definition) is 1. The summed E-state index contributed by atoms with van der Waals surface area (Å²) in [5.74, 6) is 0.198. The van der Waals surface area contributed by atoms with Crippen molar-refractivity contribution in [2.24, 2.45) is 5.73 Å². The zero-order valence-corrected chi connectivity index (χ0v) is 8.12. The normalized spacial score (nSPS) is 12.0. The van der Waals surface area contributed by atoms with Crippen LogP contribution in [-0.4, -0.2) is 9.97 Å². The van der Waals surface area contributed by atoms with E-state index in [0.29, 0.717) is 5.39 Å². The number of halogens is 3. The first-order valence-corrected chi connectivity index (χ1v) is 4.54. The smallest absolute Gasteiger partial charge is 0.324 e. The second kappa shape index (κ2) is 3.71. The molecular weight excluding hydrogens is 219 g/mol. The third kappa shape index (κ3) is 1.83. The quantitative estimate of drug-likeness (QED) is 0.811. The SMILES string of the molecule is NCc1ncc2cccc(C(F)(F)F)c2n1. The average Bonchev–Trinajstić information content (AvgIpc) is 2.26. The van der Waals surface area contributed by atoms with Crippen LogP contribution >= 0.6 is 0 Å². The van der Waals surface area contributed by atoms with Crippen LogP contribution in [0.3, 0.4) is 0 Å².